The summed E-state index contributed by atoms with van der Waals surface area (Å²) in [4.78, 5) is 41.2. The van der Waals surface area contributed by atoms with Crippen LogP contribution in [0.25, 0.3) is 0 Å². The molecule has 0 spiro atoms. The van der Waals surface area contributed by atoms with Gasteiger partial charge in [-0.25, -0.2) is 0 Å². The first kappa shape index (κ1) is 46.8. The van der Waals surface area contributed by atoms with Crippen LogP contribution in [0.1, 0.15) is 36.5 Å². The van der Waals surface area contributed by atoms with Crippen molar-refractivity contribution < 1.29 is 51.6 Å². The first-order valence-electron chi connectivity index (χ1n) is 19.8. The molecule has 340 valence electrons. The minimum atomic E-state index is -4.64. The van der Waals surface area contributed by atoms with Crippen LogP contribution in [0.3, 0.4) is 0 Å². The molecule has 20 heteroatoms. The molecule has 1 heterocycles. The number of halogens is 4. The lowest BCUT2D eigenvalue weighted by molar-refractivity contribution is -0.154. The number of methoxy groups -OCH3 is 4. The molecule has 1 fully saturated rings. The Kier molecular flexibility index (Phi) is 14.4. The number of aliphatic hydroxyl groups is 1. The Morgan fingerprint density at radius 1 is 0.797 bits per heavy atom. The summed E-state index contributed by atoms with van der Waals surface area (Å²) in [6, 6.07) is 23.8. The van der Waals surface area contributed by atoms with E-state index in [9.17, 15) is 27.9 Å². The monoisotopic (exact) mass is 908 g/mol. The number of hydrogen-bond acceptors (Lipinski definition) is 14. The van der Waals surface area contributed by atoms with Crippen molar-refractivity contribution in [1.29, 1.82) is 0 Å². The lowest BCUT2D eigenvalue weighted by atomic mass is 10.0. The van der Waals surface area contributed by atoms with Gasteiger partial charge in [0.2, 0.25) is 11.9 Å². The van der Waals surface area contributed by atoms with E-state index >= 15 is 0 Å². The Morgan fingerprint density at radius 2 is 1.38 bits per heavy atom. The summed E-state index contributed by atoms with van der Waals surface area (Å²) in [7, 11) is 6.00. The molecule has 5 N–H and O–H groups in total. The minimum Gasteiger partial charge on any atom is -0.497 e. The Labute approximate surface area is 372 Å². The van der Waals surface area contributed by atoms with Crippen molar-refractivity contribution in [3.05, 3.63) is 107 Å². The van der Waals surface area contributed by atoms with E-state index < -0.39 is 41.7 Å². The van der Waals surface area contributed by atoms with E-state index in [-0.39, 0.29) is 38.1 Å². The fourth-order valence-electron chi connectivity index (χ4n) is 7.00. The molecular formula is C44H48ClF3N8O8. The highest BCUT2D eigenvalue weighted by Crippen LogP contribution is 2.48. The number of rotatable bonds is 20. The topological polar surface area (TPSA) is 196 Å². The standard InChI is InChI=1S/C44H48ClF3N8O8/c1-42(59,25-56(38(58)37(49)57)23-28-7-17-34(61-3)21-36(28)63-5)24-55(22-27-6-16-33(60-2)20-35(27)62-4)32-14-12-31(13-15-32)50-39-51-40(53-41(52-39)64-26-44(46,47)48)54-43(18-19-43)29-8-10-30(45)11-9-29/h6-17,20-21,59H,18-19,22-26H2,1-5H3,(H2,49,57)(H2,50,51,52,53,54). The van der Waals surface area contributed by atoms with Crippen LogP contribution in [-0.2, 0) is 28.2 Å². The molecule has 16 nitrogen and oxygen atoms in total. The molecule has 0 bridgehead atoms. The number of nitrogens with one attached hydrogen (secondary N) is 2. The van der Waals surface area contributed by atoms with Gasteiger partial charge in [0.1, 0.15) is 23.0 Å². The Bertz CT molecular complexity index is 2420. The molecule has 6 rings (SSSR count). The molecule has 1 aliphatic carbocycles. The lowest BCUT2D eigenvalue weighted by Crippen LogP contribution is -2.52. The maximum Gasteiger partial charge on any atom is 0.422 e. The second-order valence-electron chi connectivity index (χ2n) is 15.3. The Morgan fingerprint density at radius 3 is 1.91 bits per heavy atom. The second-order valence-corrected chi connectivity index (χ2v) is 15.7. The van der Waals surface area contributed by atoms with Gasteiger partial charge in [-0.3, -0.25) is 9.59 Å². The van der Waals surface area contributed by atoms with Crippen LogP contribution >= 0.6 is 11.6 Å². The van der Waals surface area contributed by atoms with Crippen molar-refractivity contribution >= 4 is 46.7 Å². The highest BCUT2D eigenvalue weighted by atomic mass is 35.5. The second kappa shape index (κ2) is 19.8. The van der Waals surface area contributed by atoms with Crippen molar-refractivity contribution in [1.82, 2.24) is 19.9 Å². The number of amides is 2. The molecule has 4 aromatic carbocycles. The van der Waals surface area contributed by atoms with E-state index in [0.29, 0.717) is 57.8 Å². The van der Waals surface area contributed by atoms with Gasteiger partial charge in [-0.05, 0) is 86.0 Å². The highest BCUT2D eigenvalue weighted by Gasteiger charge is 2.45. The maximum absolute atomic E-state index is 13.2. The van der Waals surface area contributed by atoms with Crippen LogP contribution in [0, 0.1) is 0 Å². The largest absolute Gasteiger partial charge is 0.497 e. The number of benzene rings is 4. The van der Waals surface area contributed by atoms with Gasteiger partial charge in [0.25, 0.3) is 0 Å². The first-order valence-corrected chi connectivity index (χ1v) is 20.1. The summed E-state index contributed by atoms with van der Waals surface area (Å²) >= 11 is 6.10. The van der Waals surface area contributed by atoms with Gasteiger partial charge in [0.15, 0.2) is 6.61 Å². The molecule has 1 unspecified atom stereocenters. The summed E-state index contributed by atoms with van der Waals surface area (Å²) in [5.41, 5.74) is 6.44. The molecule has 1 aromatic heterocycles. The number of ether oxygens (including phenoxy) is 5. The van der Waals surface area contributed by atoms with E-state index in [1.807, 2.05) is 23.1 Å². The van der Waals surface area contributed by atoms with E-state index in [4.69, 9.17) is 41.0 Å². The normalized spacial score (nSPS) is 13.8. The quantitative estimate of drug-likeness (QED) is 0.0609. The predicted molar refractivity (Wildman–Crippen MR) is 232 cm³/mol. The number of nitrogens with zero attached hydrogens (tertiary/aromatic N) is 5. The van der Waals surface area contributed by atoms with Crippen LogP contribution in [0.4, 0.5) is 36.4 Å². The van der Waals surface area contributed by atoms with Gasteiger partial charge in [0, 0.05) is 59.3 Å². The van der Waals surface area contributed by atoms with E-state index in [1.54, 1.807) is 66.7 Å². The summed E-state index contributed by atoms with van der Waals surface area (Å²) in [6.07, 6.45) is -3.21. The third kappa shape index (κ3) is 12.3. The van der Waals surface area contributed by atoms with E-state index in [2.05, 4.69) is 25.6 Å². The average Bonchev–Trinajstić information content (AvgIpc) is 4.05. The molecule has 1 saturated carbocycles. The van der Waals surface area contributed by atoms with Gasteiger partial charge in [-0.2, -0.15) is 28.1 Å². The van der Waals surface area contributed by atoms with Crippen molar-refractivity contribution in [2.75, 3.05) is 63.7 Å². The van der Waals surface area contributed by atoms with Crippen LogP contribution in [-0.4, -0.2) is 96.7 Å². The van der Waals surface area contributed by atoms with Crippen LogP contribution in [0.5, 0.6) is 29.0 Å². The van der Waals surface area contributed by atoms with Crippen LogP contribution < -0.4 is 45.0 Å². The SMILES string of the molecule is COc1ccc(CN(CC(C)(O)CN(Cc2ccc(OC)cc2OC)c2ccc(Nc3nc(NC4(c5ccc(Cl)cc5)CC4)nc(OCC(F)(F)F)n3)cc2)C(=O)C(N)=O)c(OC)c1. The van der Waals surface area contributed by atoms with Crippen molar-refractivity contribution in [2.24, 2.45) is 5.73 Å². The van der Waals surface area contributed by atoms with Gasteiger partial charge < -0.3 is 55.0 Å². The molecule has 1 atom stereocenters. The zero-order valence-electron chi connectivity index (χ0n) is 35.7. The molecule has 0 radical (unpaired) electrons. The zero-order valence-corrected chi connectivity index (χ0v) is 36.4. The summed E-state index contributed by atoms with van der Waals surface area (Å²) < 4.78 is 66.4. The maximum atomic E-state index is 13.2. The zero-order chi connectivity index (χ0) is 46.2. The van der Waals surface area contributed by atoms with Crippen molar-refractivity contribution in [2.45, 2.75) is 50.2 Å². The van der Waals surface area contributed by atoms with E-state index in [0.717, 1.165) is 16.0 Å². The van der Waals surface area contributed by atoms with Crippen LogP contribution in [0.2, 0.25) is 5.02 Å². The molecule has 0 saturated heterocycles. The first-order chi connectivity index (χ1) is 30.4. The van der Waals surface area contributed by atoms with Gasteiger partial charge >= 0.3 is 24.0 Å². The van der Waals surface area contributed by atoms with Crippen molar-refractivity contribution in [3.8, 4) is 29.0 Å². The molecule has 1 aliphatic rings. The number of carbonyl (C=O) groups excluding carboxylic acids is 2. The third-order valence-corrected chi connectivity index (χ3v) is 10.5. The number of alkyl halides is 3. The third-order valence-electron chi connectivity index (χ3n) is 10.2. The summed E-state index contributed by atoms with van der Waals surface area (Å²) in [6.45, 7) is -0.448. The number of nitrogens with two attached hydrogens (primary N) is 1. The number of hydrogen-bond donors (Lipinski definition) is 4. The highest BCUT2D eigenvalue weighted by molar-refractivity contribution is 6.34. The summed E-state index contributed by atoms with van der Waals surface area (Å²) in [5.74, 6) is -0.353. The fraction of sp³-hybridized carbons (Fsp3) is 0.341. The number of carbonyl (C=O) groups is 2. The summed E-state index contributed by atoms with van der Waals surface area (Å²) in [5, 5.41) is 18.9. The number of primary amides is 1. The molecule has 2 amide bonds. The molecular weight excluding hydrogens is 861 g/mol. The fourth-order valence-corrected chi connectivity index (χ4v) is 7.13. The van der Waals surface area contributed by atoms with Gasteiger partial charge in [-0.15, -0.1) is 0 Å². The van der Waals surface area contributed by atoms with Gasteiger partial charge in [0.05, 0.1) is 46.1 Å². The number of aromatic nitrogens is 3. The lowest BCUT2D eigenvalue weighted by Gasteiger charge is -2.37. The average molecular weight is 909 g/mol. The Hall–Kier alpha value is -6.73. The molecule has 0 aliphatic heterocycles. The van der Waals surface area contributed by atoms with E-state index in [1.165, 1.54) is 35.4 Å². The number of anilines is 4. The predicted octanol–water partition coefficient (Wildman–Crippen LogP) is 6.62. The Balaban J connectivity index is 1.28. The smallest absolute Gasteiger partial charge is 0.422 e. The van der Waals surface area contributed by atoms with Crippen molar-refractivity contribution in [3.63, 3.8) is 0 Å². The minimum absolute atomic E-state index is 0.00474. The van der Waals surface area contributed by atoms with Gasteiger partial charge in [-0.1, -0.05) is 23.7 Å². The molecule has 64 heavy (non-hydrogen) atoms. The molecule has 5 aromatic rings. The van der Waals surface area contributed by atoms with Crippen LogP contribution in [0.15, 0.2) is 84.9 Å².